The van der Waals surface area contributed by atoms with Gasteiger partial charge in [0.1, 0.15) is 6.61 Å². The van der Waals surface area contributed by atoms with Gasteiger partial charge >= 0.3 is 0 Å². The topological polar surface area (TPSA) is 21.7 Å². The lowest BCUT2D eigenvalue weighted by Crippen LogP contribution is -2.37. The summed E-state index contributed by atoms with van der Waals surface area (Å²) in [5.74, 6) is 0. The Bertz CT molecular complexity index is 111. The summed E-state index contributed by atoms with van der Waals surface area (Å²) in [4.78, 5) is 5.60. The van der Waals surface area contributed by atoms with E-state index >= 15 is 0 Å². The van der Waals surface area contributed by atoms with Gasteiger partial charge in [0, 0.05) is 19.7 Å². The molecule has 0 aliphatic carbocycles. The normalized spacial score (nSPS) is 14.2. The van der Waals surface area contributed by atoms with Gasteiger partial charge in [-0.1, -0.05) is 0 Å². The quantitative estimate of drug-likeness (QED) is 0.612. The molecule has 0 saturated carbocycles. The van der Waals surface area contributed by atoms with E-state index in [1.54, 1.807) is 7.11 Å². The van der Waals surface area contributed by atoms with Crippen LogP contribution < -0.4 is 0 Å². The highest BCUT2D eigenvalue weighted by Gasteiger charge is 2.12. The van der Waals surface area contributed by atoms with Crippen molar-refractivity contribution in [3.05, 3.63) is 0 Å². The number of nitrogens with zero attached hydrogens (tertiary/aromatic N) is 1. The zero-order chi connectivity index (χ0) is 9.56. The van der Waals surface area contributed by atoms with E-state index in [-0.39, 0.29) is 12.7 Å². The summed E-state index contributed by atoms with van der Waals surface area (Å²) in [6.45, 7) is 4.82. The Morgan fingerprint density at radius 3 is 2.33 bits per heavy atom. The van der Waals surface area contributed by atoms with Crippen molar-refractivity contribution in [2.24, 2.45) is 0 Å². The standard InChI is InChI=1S/C8H18FNO2/c1-7(2)10(3)5-8(11-4)6-12-9/h7-8H,5-6H2,1-4H3. The Morgan fingerprint density at radius 2 is 2.00 bits per heavy atom. The second kappa shape index (κ2) is 6.34. The van der Waals surface area contributed by atoms with Crippen LogP contribution >= 0.6 is 0 Å². The Morgan fingerprint density at radius 1 is 1.42 bits per heavy atom. The van der Waals surface area contributed by atoms with Crippen LogP contribution in [-0.2, 0) is 9.68 Å². The van der Waals surface area contributed by atoms with Crippen LogP contribution in [0.1, 0.15) is 13.8 Å². The first-order valence-electron chi connectivity index (χ1n) is 4.08. The van der Waals surface area contributed by atoms with Crippen LogP contribution in [0.3, 0.4) is 0 Å². The SMILES string of the molecule is COC(COF)CN(C)C(C)C. The van der Waals surface area contributed by atoms with Crippen molar-refractivity contribution >= 4 is 0 Å². The summed E-state index contributed by atoms with van der Waals surface area (Å²) < 4.78 is 16.5. The Balaban J connectivity index is 3.68. The van der Waals surface area contributed by atoms with Gasteiger partial charge in [-0.3, -0.25) is 0 Å². The van der Waals surface area contributed by atoms with E-state index < -0.39 is 0 Å². The molecule has 0 aliphatic rings. The van der Waals surface area contributed by atoms with Crippen molar-refractivity contribution < 1.29 is 14.2 Å². The molecule has 0 aromatic carbocycles. The molecule has 0 bridgehead atoms. The largest absolute Gasteiger partial charge is 0.378 e. The van der Waals surface area contributed by atoms with E-state index in [1.807, 2.05) is 7.05 Å². The number of likely N-dealkylation sites (N-methyl/N-ethyl adjacent to an activating group) is 1. The van der Waals surface area contributed by atoms with Crippen molar-refractivity contribution in [3.63, 3.8) is 0 Å². The monoisotopic (exact) mass is 179 g/mol. The van der Waals surface area contributed by atoms with Crippen LogP contribution in [0.2, 0.25) is 0 Å². The number of rotatable bonds is 6. The maximum absolute atomic E-state index is 11.5. The lowest BCUT2D eigenvalue weighted by atomic mass is 10.3. The van der Waals surface area contributed by atoms with Gasteiger partial charge in [0.25, 0.3) is 0 Å². The van der Waals surface area contributed by atoms with Gasteiger partial charge in [-0.05, 0) is 25.4 Å². The first-order chi connectivity index (χ1) is 5.61. The average Bonchev–Trinajstić information content (AvgIpc) is 2.03. The molecule has 0 aromatic heterocycles. The molecule has 0 amide bonds. The van der Waals surface area contributed by atoms with E-state index in [4.69, 9.17) is 4.74 Å². The second-order valence-corrected chi connectivity index (χ2v) is 3.17. The highest BCUT2D eigenvalue weighted by Crippen LogP contribution is 1.99. The van der Waals surface area contributed by atoms with Gasteiger partial charge in [-0.2, -0.15) is 4.94 Å². The molecule has 0 N–H and O–H groups in total. The Labute approximate surface area is 73.3 Å². The summed E-state index contributed by atoms with van der Waals surface area (Å²) in [6, 6.07) is 0.433. The maximum atomic E-state index is 11.5. The van der Waals surface area contributed by atoms with E-state index in [0.29, 0.717) is 12.6 Å². The maximum Gasteiger partial charge on any atom is 0.115 e. The summed E-state index contributed by atoms with van der Waals surface area (Å²) in [5, 5.41) is 0. The number of hydrogen-bond donors (Lipinski definition) is 0. The van der Waals surface area contributed by atoms with Crippen molar-refractivity contribution in [1.29, 1.82) is 0 Å². The summed E-state index contributed by atoms with van der Waals surface area (Å²) in [5.41, 5.74) is 0. The molecule has 0 saturated heterocycles. The smallest absolute Gasteiger partial charge is 0.115 e. The summed E-state index contributed by atoms with van der Waals surface area (Å²) in [7, 11) is 3.52. The van der Waals surface area contributed by atoms with Crippen LogP contribution in [0.25, 0.3) is 0 Å². The molecule has 0 heterocycles. The molecular formula is C8H18FNO2. The van der Waals surface area contributed by atoms with Crippen molar-refractivity contribution in [2.75, 3.05) is 27.3 Å². The number of ether oxygens (including phenoxy) is 1. The van der Waals surface area contributed by atoms with Crippen molar-refractivity contribution in [2.45, 2.75) is 26.0 Å². The molecule has 0 rings (SSSR count). The fourth-order valence-corrected chi connectivity index (χ4v) is 0.798. The zero-order valence-corrected chi connectivity index (χ0v) is 8.21. The minimum Gasteiger partial charge on any atom is -0.378 e. The average molecular weight is 179 g/mol. The van der Waals surface area contributed by atoms with E-state index in [1.165, 1.54) is 0 Å². The first-order valence-corrected chi connectivity index (χ1v) is 4.08. The summed E-state index contributed by atoms with van der Waals surface area (Å²) >= 11 is 0. The third-order valence-electron chi connectivity index (χ3n) is 1.96. The highest BCUT2D eigenvalue weighted by atomic mass is 19.3. The van der Waals surface area contributed by atoms with Gasteiger partial charge < -0.3 is 9.64 Å². The molecule has 0 spiro atoms. The minimum atomic E-state index is -0.192. The molecule has 1 unspecified atom stereocenters. The molecule has 0 radical (unpaired) electrons. The van der Waals surface area contributed by atoms with Crippen LogP contribution in [0.4, 0.5) is 4.53 Å². The zero-order valence-electron chi connectivity index (χ0n) is 8.21. The highest BCUT2D eigenvalue weighted by molar-refractivity contribution is 4.64. The molecule has 12 heavy (non-hydrogen) atoms. The van der Waals surface area contributed by atoms with Gasteiger partial charge in [0.05, 0.1) is 6.10 Å². The Kier molecular flexibility index (Phi) is 6.24. The molecule has 74 valence electrons. The van der Waals surface area contributed by atoms with E-state index in [9.17, 15) is 4.53 Å². The van der Waals surface area contributed by atoms with Gasteiger partial charge in [-0.25, -0.2) is 0 Å². The van der Waals surface area contributed by atoms with Gasteiger partial charge in [0.2, 0.25) is 0 Å². The Hall–Kier alpha value is -0.190. The number of halogens is 1. The first kappa shape index (κ1) is 11.8. The van der Waals surface area contributed by atoms with Crippen molar-refractivity contribution in [3.8, 4) is 0 Å². The fourth-order valence-electron chi connectivity index (χ4n) is 0.798. The molecule has 0 aromatic rings. The van der Waals surface area contributed by atoms with Crippen LogP contribution in [0.5, 0.6) is 0 Å². The van der Waals surface area contributed by atoms with Gasteiger partial charge in [0.15, 0.2) is 0 Å². The predicted molar refractivity (Wildman–Crippen MR) is 45.6 cm³/mol. The van der Waals surface area contributed by atoms with E-state index in [0.717, 1.165) is 0 Å². The van der Waals surface area contributed by atoms with Crippen LogP contribution in [0, 0.1) is 0 Å². The van der Waals surface area contributed by atoms with E-state index in [2.05, 4.69) is 23.7 Å². The molecule has 1 atom stereocenters. The lowest BCUT2D eigenvalue weighted by molar-refractivity contribution is -0.164. The number of hydrogen-bond acceptors (Lipinski definition) is 3. The predicted octanol–water partition coefficient (Wildman–Crippen LogP) is 1.24. The molecular weight excluding hydrogens is 161 g/mol. The number of methoxy groups -OCH3 is 1. The molecule has 0 aliphatic heterocycles. The van der Waals surface area contributed by atoms with Crippen molar-refractivity contribution in [1.82, 2.24) is 4.90 Å². The lowest BCUT2D eigenvalue weighted by Gasteiger charge is -2.24. The molecule has 3 nitrogen and oxygen atoms in total. The minimum absolute atomic E-state index is 0.00639. The second-order valence-electron chi connectivity index (χ2n) is 3.17. The summed E-state index contributed by atoms with van der Waals surface area (Å²) in [6.07, 6.45) is -0.192. The van der Waals surface area contributed by atoms with Gasteiger partial charge in [-0.15, -0.1) is 0 Å². The third kappa shape index (κ3) is 4.64. The third-order valence-corrected chi connectivity index (χ3v) is 1.96. The molecule has 0 fully saturated rings. The van der Waals surface area contributed by atoms with Crippen LogP contribution in [-0.4, -0.2) is 44.4 Å². The fraction of sp³-hybridized carbons (Fsp3) is 1.00. The molecule has 4 heteroatoms. The van der Waals surface area contributed by atoms with Crippen LogP contribution in [0.15, 0.2) is 0 Å².